The average Bonchev–Trinajstić information content (AvgIpc) is 2.42. The number of halogens is 1. The van der Waals surface area contributed by atoms with E-state index in [2.05, 4.69) is 10.6 Å². The van der Waals surface area contributed by atoms with Gasteiger partial charge in [0.2, 0.25) is 5.91 Å². The maximum atomic E-state index is 11.9. The van der Waals surface area contributed by atoms with Crippen LogP contribution in [0, 0.1) is 5.92 Å². The lowest BCUT2D eigenvalue weighted by Gasteiger charge is -2.14. The van der Waals surface area contributed by atoms with E-state index in [1.807, 2.05) is 13.8 Å². The molecule has 1 aromatic rings. The Labute approximate surface area is 130 Å². The maximum Gasteiger partial charge on any atom is 0.252 e. The molecule has 0 aliphatic heterocycles. The molecule has 0 fully saturated rings. The predicted octanol–water partition coefficient (Wildman–Crippen LogP) is 1.56. The van der Waals surface area contributed by atoms with Gasteiger partial charge in [0, 0.05) is 13.1 Å². The van der Waals surface area contributed by atoms with Crippen LogP contribution in [-0.4, -0.2) is 30.9 Å². The Balaban J connectivity index is 2.30. The van der Waals surface area contributed by atoms with Gasteiger partial charge < -0.3 is 16.4 Å². The minimum Gasteiger partial charge on any atom is -0.353 e. The van der Waals surface area contributed by atoms with Crippen LogP contribution in [0.15, 0.2) is 24.3 Å². The Hall–Kier alpha value is -1.59. The summed E-state index contributed by atoms with van der Waals surface area (Å²) in [5, 5.41) is 5.79. The summed E-state index contributed by atoms with van der Waals surface area (Å²) in [5.74, 6) is -0.0947. The van der Waals surface area contributed by atoms with Crippen molar-refractivity contribution in [1.82, 2.24) is 10.6 Å². The van der Waals surface area contributed by atoms with E-state index in [9.17, 15) is 9.59 Å². The molecule has 5 nitrogen and oxygen atoms in total. The van der Waals surface area contributed by atoms with E-state index in [1.54, 1.807) is 24.3 Å². The molecule has 1 atom stereocenters. The van der Waals surface area contributed by atoms with E-state index in [0.29, 0.717) is 36.0 Å². The van der Waals surface area contributed by atoms with Gasteiger partial charge in [-0.1, -0.05) is 37.6 Å². The molecule has 0 saturated carbocycles. The van der Waals surface area contributed by atoms with Crippen molar-refractivity contribution in [3.63, 3.8) is 0 Å². The summed E-state index contributed by atoms with van der Waals surface area (Å²) in [6, 6.07) is 6.30. The molecule has 1 aromatic carbocycles. The second-order valence-corrected chi connectivity index (χ2v) is 5.67. The molecular weight excluding hydrogens is 290 g/mol. The van der Waals surface area contributed by atoms with Crippen molar-refractivity contribution in [1.29, 1.82) is 0 Å². The SMILES string of the molecule is CC(C)C[C@H](N)C(=O)NCCNC(=O)c1ccccc1Cl. The van der Waals surface area contributed by atoms with Gasteiger partial charge in [-0.05, 0) is 24.5 Å². The summed E-state index contributed by atoms with van der Waals surface area (Å²) in [6.45, 7) is 4.68. The lowest BCUT2D eigenvalue weighted by Crippen LogP contribution is -2.44. The first-order valence-electron chi connectivity index (χ1n) is 6.97. The van der Waals surface area contributed by atoms with E-state index in [4.69, 9.17) is 17.3 Å². The number of hydrogen-bond donors (Lipinski definition) is 3. The Bertz CT molecular complexity index is 492. The minimum atomic E-state index is -0.510. The predicted molar refractivity (Wildman–Crippen MR) is 84.2 cm³/mol. The number of hydrogen-bond acceptors (Lipinski definition) is 3. The summed E-state index contributed by atoms with van der Waals surface area (Å²) in [4.78, 5) is 23.5. The van der Waals surface area contributed by atoms with E-state index in [0.717, 1.165) is 0 Å². The van der Waals surface area contributed by atoms with Gasteiger partial charge >= 0.3 is 0 Å². The molecule has 0 aliphatic rings. The van der Waals surface area contributed by atoms with Crippen LogP contribution in [0.25, 0.3) is 0 Å². The lowest BCUT2D eigenvalue weighted by atomic mass is 10.0. The topological polar surface area (TPSA) is 84.2 Å². The van der Waals surface area contributed by atoms with Gasteiger partial charge in [-0.3, -0.25) is 9.59 Å². The van der Waals surface area contributed by atoms with Crippen LogP contribution in [0.2, 0.25) is 5.02 Å². The van der Waals surface area contributed by atoms with Gasteiger partial charge in [-0.2, -0.15) is 0 Å². The number of carbonyl (C=O) groups is 2. The number of rotatable bonds is 7. The molecule has 0 saturated heterocycles. The fraction of sp³-hybridized carbons (Fsp3) is 0.467. The summed E-state index contributed by atoms with van der Waals surface area (Å²) in [7, 11) is 0. The van der Waals surface area contributed by atoms with Gasteiger partial charge in [0.05, 0.1) is 16.6 Å². The first-order chi connectivity index (χ1) is 9.91. The van der Waals surface area contributed by atoms with Gasteiger partial charge in [0.15, 0.2) is 0 Å². The van der Waals surface area contributed by atoms with Crippen molar-refractivity contribution in [3.8, 4) is 0 Å². The van der Waals surface area contributed by atoms with Crippen LogP contribution in [0.1, 0.15) is 30.6 Å². The second-order valence-electron chi connectivity index (χ2n) is 5.26. The van der Waals surface area contributed by atoms with Gasteiger partial charge in [0.1, 0.15) is 0 Å². The number of nitrogens with two attached hydrogens (primary N) is 1. The quantitative estimate of drug-likeness (QED) is 0.668. The van der Waals surface area contributed by atoms with Crippen molar-refractivity contribution in [2.75, 3.05) is 13.1 Å². The highest BCUT2D eigenvalue weighted by atomic mass is 35.5. The molecule has 6 heteroatoms. The Morgan fingerprint density at radius 2 is 1.81 bits per heavy atom. The number of benzene rings is 1. The summed E-state index contributed by atoms with van der Waals surface area (Å²) in [5.41, 5.74) is 6.17. The molecule has 116 valence electrons. The van der Waals surface area contributed by atoms with Gasteiger partial charge in [0.25, 0.3) is 5.91 Å². The molecule has 0 spiro atoms. The highest BCUT2D eigenvalue weighted by Crippen LogP contribution is 2.14. The number of nitrogens with one attached hydrogen (secondary N) is 2. The van der Waals surface area contributed by atoms with E-state index < -0.39 is 6.04 Å². The smallest absolute Gasteiger partial charge is 0.252 e. The molecule has 0 unspecified atom stereocenters. The van der Waals surface area contributed by atoms with Gasteiger partial charge in [-0.15, -0.1) is 0 Å². The van der Waals surface area contributed by atoms with Crippen molar-refractivity contribution in [2.45, 2.75) is 26.3 Å². The Kier molecular flexibility index (Phi) is 7.19. The Morgan fingerprint density at radius 3 is 2.43 bits per heavy atom. The number of carbonyl (C=O) groups excluding carboxylic acids is 2. The van der Waals surface area contributed by atoms with Crippen LogP contribution in [-0.2, 0) is 4.79 Å². The van der Waals surface area contributed by atoms with E-state index in [1.165, 1.54) is 0 Å². The minimum absolute atomic E-state index is 0.198. The van der Waals surface area contributed by atoms with Crippen LogP contribution in [0.5, 0.6) is 0 Å². The number of amides is 2. The first-order valence-corrected chi connectivity index (χ1v) is 7.35. The Morgan fingerprint density at radius 1 is 1.19 bits per heavy atom. The molecule has 4 N–H and O–H groups in total. The lowest BCUT2D eigenvalue weighted by molar-refractivity contribution is -0.122. The second kappa shape index (κ2) is 8.64. The van der Waals surface area contributed by atoms with Crippen LogP contribution >= 0.6 is 11.6 Å². The van der Waals surface area contributed by atoms with E-state index >= 15 is 0 Å². The van der Waals surface area contributed by atoms with Crippen LogP contribution in [0.3, 0.4) is 0 Å². The van der Waals surface area contributed by atoms with Crippen LogP contribution < -0.4 is 16.4 Å². The molecule has 0 heterocycles. The molecular formula is C15H22ClN3O2. The third-order valence-electron chi connectivity index (χ3n) is 2.89. The fourth-order valence-corrected chi connectivity index (χ4v) is 2.07. The normalized spacial score (nSPS) is 12.0. The summed E-state index contributed by atoms with van der Waals surface area (Å²) in [6.07, 6.45) is 0.637. The summed E-state index contributed by atoms with van der Waals surface area (Å²) >= 11 is 5.93. The fourth-order valence-electron chi connectivity index (χ4n) is 1.85. The van der Waals surface area contributed by atoms with Crippen molar-refractivity contribution in [3.05, 3.63) is 34.9 Å². The third kappa shape index (κ3) is 6.14. The molecule has 0 aromatic heterocycles. The standard InChI is InChI=1S/C15H22ClN3O2/c1-10(2)9-13(17)15(21)19-8-7-18-14(20)11-5-3-4-6-12(11)16/h3-6,10,13H,7-9,17H2,1-2H3,(H,18,20)(H,19,21)/t13-/m0/s1. The zero-order valence-electron chi connectivity index (χ0n) is 12.4. The molecule has 0 radical (unpaired) electrons. The monoisotopic (exact) mass is 311 g/mol. The first kappa shape index (κ1) is 17.5. The third-order valence-corrected chi connectivity index (χ3v) is 3.22. The highest BCUT2D eigenvalue weighted by Gasteiger charge is 2.14. The van der Waals surface area contributed by atoms with Crippen molar-refractivity contribution >= 4 is 23.4 Å². The summed E-state index contributed by atoms with van der Waals surface area (Å²) < 4.78 is 0. The zero-order chi connectivity index (χ0) is 15.8. The largest absolute Gasteiger partial charge is 0.353 e. The highest BCUT2D eigenvalue weighted by molar-refractivity contribution is 6.33. The van der Waals surface area contributed by atoms with Crippen molar-refractivity contribution in [2.24, 2.45) is 11.7 Å². The van der Waals surface area contributed by atoms with Crippen LogP contribution in [0.4, 0.5) is 0 Å². The molecule has 0 bridgehead atoms. The van der Waals surface area contributed by atoms with Gasteiger partial charge in [-0.25, -0.2) is 0 Å². The molecule has 21 heavy (non-hydrogen) atoms. The molecule has 2 amide bonds. The molecule has 0 aliphatic carbocycles. The van der Waals surface area contributed by atoms with E-state index in [-0.39, 0.29) is 11.8 Å². The maximum absolute atomic E-state index is 11.9. The zero-order valence-corrected chi connectivity index (χ0v) is 13.1. The molecule has 1 rings (SSSR count). The van der Waals surface area contributed by atoms with Crippen molar-refractivity contribution < 1.29 is 9.59 Å². The average molecular weight is 312 g/mol.